The normalized spacial score (nSPS) is 13.6. The number of halogens is 1. The van der Waals surface area contributed by atoms with Crippen LogP contribution in [0.3, 0.4) is 0 Å². The predicted molar refractivity (Wildman–Crippen MR) is 131 cm³/mol. The molecule has 0 spiro atoms. The number of aromatic nitrogens is 8. The van der Waals surface area contributed by atoms with Gasteiger partial charge in [-0.1, -0.05) is 11.6 Å². The summed E-state index contributed by atoms with van der Waals surface area (Å²) in [7, 11) is 0. The van der Waals surface area contributed by atoms with Gasteiger partial charge in [-0.15, -0.1) is 0 Å². The zero-order valence-corrected chi connectivity index (χ0v) is 19.3. The van der Waals surface area contributed by atoms with Crippen molar-refractivity contribution in [3.63, 3.8) is 0 Å². The van der Waals surface area contributed by atoms with Gasteiger partial charge >= 0.3 is 0 Å². The number of nitrogens with one attached hydrogen (secondary N) is 2. The third kappa shape index (κ3) is 3.86. The molecule has 5 aromatic rings. The molecule has 172 valence electrons. The molecule has 0 saturated heterocycles. The van der Waals surface area contributed by atoms with Crippen molar-refractivity contribution < 1.29 is 0 Å². The molecular weight excluding hydrogens is 452 g/mol. The Bertz CT molecular complexity index is 1490. The van der Waals surface area contributed by atoms with Crippen LogP contribution in [0.25, 0.3) is 28.0 Å². The summed E-state index contributed by atoms with van der Waals surface area (Å²) < 4.78 is 3.71. The van der Waals surface area contributed by atoms with Crippen LogP contribution in [-0.2, 0) is 6.42 Å². The highest BCUT2D eigenvalue weighted by atomic mass is 35.5. The first-order chi connectivity index (χ1) is 16.5. The van der Waals surface area contributed by atoms with Gasteiger partial charge in [-0.05, 0) is 38.0 Å². The lowest BCUT2D eigenvalue weighted by atomic mass is 10.1. The summed E-state index contributed by atoms with van der Waals surface area (Å²) >= 11 is 6.52. The van der Waals surface area contributed by atoms with Crippen LogP contribution in [0.4, 0.5) is 11.6 Å². The Morgan fingerprint density at radius 2 is 2.06 bits per heavy atom. The smallest absolute Gasteiger partial charge is 0.182 e. The Hall–Kier alpha value is -3.92. The Labute approximate surface area is 200 Å². The summed E-state index contributed by atoms with van der Waals surface area (Å²) in [5.74, 6) is 1.76. The Kier molecular flexibility index (Phi) is 4.95. The van der Waals surface area contributed by atoms with Gasteiger partial charge < -0.3 is 11.1 Å². The van der Waals surface area contributed by atoms with Crippen molar-refractivity contribution in [3.8, 4) is 17.1 Å². The molecule has 4 heterocycles. The molecule has 1 fully saturated rings. The Balaban J connectivity index is 1.34. The fourth-order valence-electron chi connectivity index (χ4n) is 3.98. The predicted octanol–water partition coefficient (Wildman–Crippen LogP) is 3.94. The van der Waals surface area contributed by atoms with Crippen molar-refractivity contribution in [3.05, 3.63) is 59.3 Å². The number of hydrogen-bond acceptors (Lipinski definition) is 7. The van der Waals surface area contributed by atoms with Crippen LogP contribution in [-0.4, -0.2) is 46.3 Å². The fraction of sp³-hybridized carbons (Fsp3) is 0.261. The number of aromatic amines is 1. The van der Waals surface area contributed by atoms with Crippen molar-refractivity contribution >= 4 is 34.1 Å². The average Bonchev–Trinajstić information content (AvgIpc) is 3.19. The second-order valence-electron chi connectivity index (χ2n) is 8.51. The summed E-state index contributed by atoms with van der Waals surface area (Å²) in [6.07, 6.45) is 8.58. The second-order valence-corrected chi connectivity index (χ2v) is 8.92. The van der Waals surface area contributed by atoms with E-state index in [4.69, 9.17) is 27.3 Å². The maximum absolute atomic E-state index is 6.52. The maximum Gasteiger partial charge on any atom is 0.182 e. The molecule has 10 nitrogen and oxygen atoms in total. The zero-order valence-electron chi connectivity index (χ0n) is 18.5. The third-order valence-electron chi connectivity index (χ3n) is 5.89. The highest BCUT2D eigenvalue weighted by Crippen LogP contribution is 2.34. The molecule has 1 aliphatic rings. The molecule has 0 bridgehead atoms. The number of rotatable bonds is 7. The Morgan fingerprint density at radius 1 is 1.18 bits per heavy atom. The van der Waals surface area contributed by atoms with Gasteiger partial charge in [-0.3, -0.25) is 9.78 Å². The van der Waals surface area contributed by atoms with Crippen molar-refractivity contribution in [1.29, 1.82) is 0 Å². The fourth-order valence-corrected chi connectivity index (χ4v) is 4.25. The van der Waals surface area contributed by atoms with Crippen LogP contribution < -0.4 is 11.1 Å². The van der Waals surface area contributed by atoms with Crippen molar-refractivity contribution in [2.45, 2.75) is 32.2 Å². The summed E-state index contributed by atoms with van der Waals surface area (Å²) in [6.45, 7) is 2.55. The minimum atomic E-state index is 0.368. The number of H-pyrrole nitrogens is 1. The van der Waals surface area contributed by atoms with Crippen molar-refractivity contribution in [1.82, 2.24) is 39.7 Å². The number of hydrogen-bond donors (Lipinski definition) is 3. The van der Waals surface area contributed by atoms with Gasteiger partial charge in [0, 0.05) is 42.4 Å². The minimum Gasteiger partial charge on any atom is -0.382 e. The van der Waals surface area contributed by atoms with E-state index in [1.165, 1.54) is 12.8 Å². The number of nitrogen functional groups attached to an aromatic ring is 1. The molecule has 0 amide bonds. The number of nitrogens with two attached hydrogens (primary N) is 1. The molecule has 1 aromatic carbocycles. The molecule has 1 aliphatic carbocycles. The van der Waals surface area contributed by atoms with Crippen LogP contribution in [0.2, 0.25) is 5.02 Å². The van der Waals surface area contributed by atoms with Crippen molar-refractivity contribution in [2.24, 2.45) is 0 Å². The highest BCUT2D eigenvalue weighted by Gasteiger charge is 2.24. The SMILES string of the molecule is Cc1ccn(-c2nc(N)c(CCNc3ccn(C4CC4)n3)nc2-c2cc(Cl)c3[nH]ncc3c2)n1. The number of fused-ring (bicyclic) bond motifs is 1. The minimum absolute atomic E-state index is 0.368. The van der Waals surface area contributed by atoms with Crippen LogP contribution in [0, 0.1) is 6.92 Å². The molecule has 0 unspecified atom stereocenters. The molecule has 4 aromatic heterocycles. The van der Waals surface area contributed by atoms with Gasteiger partial charge in [-0.25, -0.2) is 14.6 Å². The van der Waals surface area contributed by atoms with E-state index in [2.05, 4.69) is 25.7 Å². The summed E-state index contributed by atoms with van der Waals surface area (Å²) in [5.41, 5.74) is 10.1. The van der Waals surface area contributed by atoms with Crippen LogP contribution in [0.15, 0.2) is 42.9 Å². The number of benzene rings is 1. The maximum atomic E-state index is 6.52. The van der Waals surface area contributed by atoms with Gasteiger partial charge in [0.2, 0.25) is 0 Å². The summed E-state index contributed by atoms with van der Waals surface area (Å²) in [5, 5.41) is 20.9. The average molecular weight is 475 g/mol. The van der Waals surface area contributed by atoms with E-state index in [1.54, 1.807) is 10.9 Å². The molecule has 11 heteroatoms. The summed E-state index contributed by atoms with van der Waals surface area (Å²) in [4.78, 5) is 9.63. The molecule has 6 rings (SSSR count). The number of aryl methyl sites for hydroxylation is 1. The van der Waals surface area contributed by atoms with Gasteiger partial charge in [0.05, 0.1) is 34.2 Å². The van der Waals surface area contributed by atoms with E-state index < -0.39 is 0 Å². The lowest BCUT2D eigenvalue weighted by Crippen LogP contribution is -2.13. The van der Waals surface area contributed by atoms with Gasteiger partial charge in [0.1, 0.15) is 17.3 Å². The highest BCUT2D eigenvalue weighted by molar-refractivity contribution is 6.35. The third-order valence-corrected chi connectivity index (χ3v) is 6.19. The first-order valence-electron chi connectivity index (χ1n) is 11.2. The quantitative estimate of drug-likeness (QED) is 0.326. The lowest BCUT2D eigenvalue weighted by molar-refractivity contribution is 0.643. The molecule has 0 atom stereocenters. The van der Waals surface area contributed by atoms with E-state index in [0.29, 0.717) is 47.1 Å². The second kappa shape index (κ2) is 8.14. The molecule has 1 saturated carbocycles. The topological polar surface area (TPSA) is 128 Å². The number of nitrogens with zero attached hydrogens (tertiary/aromatic N) is 7. The lowest BCUT2D eigenvalue weighted by Gasteiger charge is -2.13. The van der Waals surface area contributed by atoms with E-state index in [0.717, 1.165) is 28.0 Å². The first-order valence-corrected chi connectivity index (χ1v) is 11.5. The molecule has 0 radical (unpaired) electrons. The first kappa shape index (κ1) is 20.7. The van der Waals surface area contributed by atoms with Crippen LogP contribution >= 0.6 is 11.6 Å². The van der Waals surface area contributed by atoms with Crippen LogP contribution in [0.1, 0.15) is 30.3 Å². The molecular formula is C23H23ClN10. The zero-order chi connectivity index (χ0) is 23.2. The van der Waals surface area contributed by atoms with Gasteiger partial charge in [0.15, 0.2) is 5.82 Å². The van der Waals surface area contributed by atoms with Gasteiger partial charge in [0.25, 0.3) is 0 Å². The summed E-state index contributed by atoms with van der Waals surface area (Å²) in [6, 6.07) is 8.29. The molecule has 34 heavy (non-hydrogen) atoms. The largest absolute Gasteiger partial charge is 0.382 e. The van der Waals surface area contributed by atoms with Crippen LogP contribution in [0.5, 0.6) is 0 Å². The van der Waals surface area contributed by atoms with E-state index in [1.807, 2.05) is 48.3 Å². The van der Waals surface area contributed by atoms with Crippen molar-refractivity contribution in [2.75, 3.05) is 17.6 Å². The van der Waals surface area contributed by atoms with Gasteiger partial charge in [-0.2, -0.15) is 15.3 Å². The van der Waals surface area contributed by atoms with E-state index in [-0.39, 0.29) is 0 Å². The Morgan fingerprint density at radius 3 is 2.85 bits per heavy atom. The molecule has 4 N–H and O–H groups in total. The number of anilines is 2. The standard InChI is InChI=1S/C23H23ClN10/c1-13-5-8-34(31-13)23-21(14-10-15-12-27-30-20(15)17(24)11-14)28-18(22(25)29-23)4-7-26-19-6-9-33(32-19)16-2-3-16/h5-6,8-12,16H,2-4,7H2,1H3,(H2,25,29)(H,26,32)(H,27,30). The van der Waals surface area contributed by atoms with E-state index >= 15 is 0 Å². The molecule has 0 aliphatic heterocycles. The monoisotopic (exact) mass is 474 g/mol. The van der Waals surface area contributed by atoms with E-state index in [9.17, 15) is 0 Å².